The summed E-state index contributed by atoms with van der Waals surface area (Å²) >= 11 is 0. The minimum atomic E-state index is -0.205. The molecular weight excluding hydrogens is 167 g/mol. The van der Waals surface area contributed by atoms with E-state index in [0.29, 0.717) is 6.61 Å². The molecule has 0 saturated heterocycles. The van der Waals surface area contributed by atoms with Crippen LogP contribution in [0.2, 0.25) is 0 Å². The molecule has 0 aromatic heterocycles. The Morgan fingerprint density at radius 2 is 2.31 bits per heavy atom. The maximum absolute atomic E-state index is 12.8. The highest BCUT2D eigenvalue weighted by Gasteiger charge is 2.05. The van der Waals surface area contributed by atoms with Crippen LogP contribution in [0.25, 0.3) is 0 Å². The van der Waals surface area contributed by atoms with Crippen molar-refractivity contribution >= 4 is 0 Å². The molecule has 1 rings (SSSR count). The first-order chi connectivity index (χ1) is 6.24. The van der Waals surface area contributed by atoms with Gasteiger partial charge in [0.1, 0.15) is 5.82 Å². The predicted octanol–water partition coefficient (Wildman–Crippen LogP) is 2.78. The molecule has 0 N–H and O–H groups in total. The fourth-order valence-corrected chi connectivity index (χ4v) is 1.19. The molecule has 0 amide bonds. The van der Waals surface area contributed by atoms with Crippen molar-refractivity contribution in [3.63, 3.8) is 0 Å². The third kappa shape index (κ3) is 3.15. The molecule has 2 heteroatoms. The van der Waals surface area contributed by atoms with E-state index in [1.54, 1.807) is 13.2 Å². The average Bonchev–Trinajstić information content (AvgIpc) is 2.14. The van der Waals surface area contributed by atoms with Crippen molar-refractivity contribution in [1.82, 2.24) is 0 Å². The van der Waals surface area contributed by atoms with E-state index in [1.165, 1.54) is 12.1 Å². The molecule has 0 aliphatic carbocycles. The zero-order chi connectivity index (χ0) is 9.68. The fraction of sp³-hybridized carbons (Fsp3) is 0.364. The summed E-state index contributed by atoms with van der Waals surface area (Å²) in [5.41, 5.74) is 0.928. The van der Waals surface area contributed by atoms with Crippen LogP contribution in [-0.2, 0) is 4.74 Å². The molecule has 1 aromatic carbocycles. The van der Waals surface area contributed by atoms with Gasteiger partial charge in [0.25, 0.3) is 0 Å². The average molecular weight is 181 g/mol. The normalized spacial score (nSPS) is 12.8. The summed E-state index contributed by atoms with van der Waals surface area (Å²) in [5, 5.41) is 0. The summed E-state index contributed by atoms with van der Waals surface area (Å²) in [5.74, 6) is -0.0979. The number of halogens is 1. The number of ether oxygens (including phenoxy) is 1. The summed E-state index contributed by atoms with van der Waals surface area (Å²) in [6, 6.07) is 6.55. The molecule has 0 saturated carbocycles. The van der Waals surface area contributed by atoms with Gasteiger partial charge in [-0.3, -0.25) is 0 Å². The zero-order valence-electron chi connectivity index (χ0n) is 7.79. The number of hydrogen-bond acceptors (Lipinski definition) is 1. The first kappa shape index (κ1) is 10.2. The van der Waals surface area contributed by atoms with Crippen LogP contribution in [0.1, 0.15) is 17.9 Å². The van der Waals surface area contributed by atoms with Crippen LogP contribution >= 0.6 is 0 Å². The highest BCUT2D eigenvalue weighted by molar-refractivity contribution is 5.21. The van der Waals surface area contributed by atoms with Crippen LogP contribution < -0.4 is 0 Å². The molecule has 1 radical (unpaired) electrons. The van der Waals surface area contributed by atoms with Gasteiger partial charge in [-0.2, -0.15) is 0 Å². The molecule has 0 bridgehead atoms. The highest BCUT2D eigenvalue weighted by Crippen LogP contribution is 2.18. The van der Waals surface area contributed by atoms with Gasteiger partial charge < -0.3 is 4.74 Å². The Hall–Kier alpha value is -0.890. The van der Waals surface area contributed by atoms with Gasteiger partial charge in [0.05, 0.1) is 0 Å². The molecule has 71 valence electrons. The Morgan fingerprint density at radius 1 is 1.54 bits per heavy atom. The van der Waals surface area contributed by atoms with Crippen LogP contribution in [-0.4, -0.2) is 13.7 Å². The summed E-state index contributed by atoms with van der Waals surface area (Å²) in [6.45, 7) is 4.60. The van der Waals surface area contributed by atoms with Crippen molar-refractivity contribution in [2.24, 2.45) is 0 Å². The molecule has 0 spiro atoms. The summed E-state index contributed by atoms with van der Waals surface area (Å²) in [4.78, 5) is 0. The van der Waals surface area contributed by atoms with Crippen molar-refractivity contribution in [2.75, 3.05) is 13.7 Å². The van der Waals surface area contributed by atoms with Crippen LogP contribution in [0, 0.1) is 12.7 Å². The Morgan fingerprint density at radius 3 is 2.92 bits per heavy atom. The van der Waals surface area contributed by atoms with Gasteiger partial charge in [-0.25, -0.2) is 4.39 Å². The standard InChI is InChI=1S/C11H14FO/c1-9(6-7-13-2)10-4-3-5-11(12)8-10/h3-5,8-9H,1,6-7H2,2H3. The zero-order valence-corrected chi connectivity index (χ0v) is 7.79. The van der Waals surface area contributed by atoms with Crippen LogP contribution in [0.4, 0.5) is 4.39 Å². The quantitative estimate of drug-likeness (QED) is 0.694. The lowest BCUT2D eigenvalue weighted by Gasteiger charge is -2.10. The SMILES string of the molecule is [CH2]C(CCOC)c1cccc(F)c1. The predicted molar refractivity (Wildman–Crippen MR) is 51.0 cm³/mol. The van der Waals surface area contributed by atoms with Gasteiger partial charge in [-0.15, -0.1) is 0 Å². The van der Waals surface area contributed by atoms with E-state index in [-0.39, 0.29) is 11.7 Å². The second kappa shape index (κ2) is 4.97. The lowest BCUT2D eigenvalue weighted by atomic mass is 9.98. The molecule has 1 nitrogen and oxygen atoms in total. The molecule has 1 aromatic rings. The minimum Gasteiger partial charge on any atom is -0.385 e. The van der Waals surface area contributed by atoms with Crippen LogP contribution in [0.5, 0.6) is 0 Å². The summed E-state index contributed by atoms with van der Waals surface area (Å²) < 4.78 is 17.7. The molecule has 1 unspecified atom stereocenters. The van der Waals surface area contributed by atoms with Crippen molar-refractivity contribution in [3.8, 4) is 0 Å². The van der Waals surface area contributed by atoms with E-state index < -0.39 is 0 Å². The fourth-order valence-electron chi connectivity index (χ4n) is 1.19. The number of hydrogen-bond donors (Lipinski definition) is 0. The first-order valence-corrected chi connectivity index (χ1v) is 4.31. The number of rotatable bonds is 4. The second-order valence-corrected chi connectivity index (χ2v) is 3.03. The third-order valence-corrected chi connectivity index (χ3v) is 1.99. The van der Waals surface area contributed by atoms with Crippen molar-refractivity contribution in [3.05, 3.63) is 42.6 Å². The van der Waals surface area contributed by atoms with Gasteiger partial charge in [-0.1, -0.05) is 12.1 Å². The van der Waals surface area contributed by atoms with E-state index in [1.807, 2.05) is 6.07 Å². The Balaban J connectivity index is 2.60. The van der Waals surface area contributed by atoms with Crippen molar-refractivity contribution in [2.45, 2.75) is 12.3 Å². The van der Waals surface area contributed by atoms with E-state index in [4.69, 9.17) is 4.74 Å². The monoisotopic (exact) mass is 181 g/mol. The molecule has 13 heavy (non-hydrogen) atoms. The first-order valence-electron chi connectivity index (χ1n) is 4.31. The lowest BCUT2D eigenvalue weighted by molar-refractivity contribution is 0.191. The van der Waals surface area contributed by atoms with E-state index >= 15 is 0 Å². The van der Waals surface area contributed by atoms with Crippen molar-refractivity contribution in [1.29, 1.82) is 0 Å². The van der Waals surface area contributed by atoms with Gasteiger partial charge in [0, 0.05) is 13.7 Å². The van der Waals surface area contributed by atoms with Crippen molar-refractivity contribution < 1.29 is 9.13 Å². The third-order valence-electron chi connectivity index (χ3n) is 1.99. The van der Waals surface area contributed by atoms with Gasteiger partial charge in [0.2, 0.25) is 0 Å². The maximum Gasteiger partial charge on any atom is 0.123 e. The highest BCUT2D eigenvalue weighted by atomic mass is 19.1. The Kier molecular flexibility index (Phi) is 3.90. The largest absolute Gasteiger partial charge is 0.385 e. The molecule has 0 fully saturated rings. The van der Waals surface area contributed by atoms with Crippen LogP contribution in [0.15, 0.2) is 24.3 Å². The van der Waals surface area contributed by atoms with Crippen LogP contribution in [0.3, 0.4) is 0 Å². The number of methoxy groups -OCH3 is 1. The topological polar surface area (TPSA) is 9.23 Å². The summed E-state index contributed by atoms with van der Waals surface area (Å²) in [7, 11) is 1.65. The molecule has 1 atom stereocenters. The van der Waals surface area contributed by atoms with Gasteiger partial charge >= 0.3 is 0 Å². The maximum atomic E-state index is 12.8. The van der Waals surface area contributed by atoms with Gasteiger partial charge in [0.15, 0.2) is 0 Å². The minimum absolute atomic E-state index is 0.107. The summed E-state index contributed by atoms with van der Waals surface area (Å²) in [6.07, 6.45) is 0.819. The smallest absolute Gasteiger partial charge is 0.123 e. The van der Waals surface area contributed by atoms with E-state index in [2.05, 4.69) is 6.92 Å². The molecule has 0 aliphatic rings. The number of benzene rings is 1. The Labute approximate surface area is 78.5 Å². The molecule has 0 heterocycles. The van der Waals surface area contributed by atoms with Gasteiger partial charge in [-0.05, 0) is 37.0 Å². The second-order valence-electron chi connectivity index (χ2n) is 3.03. The molecular formula is C11H14FO. The molecule has 0 aliphatic heterocycles. The Bertz CT molecular complexity index is 260. The lowest BCUT2D eigenvalue weighted by Crippen LogP contribution is -1.99. The van der Waals surface area contributed by atoms with E-state index in [0.717, 1.165) is 12.0 Å². The van der Waals surface area contributed by atoms with E-state index in [9.17, 15) is 4.39 Å².